The van der Waals surface area contributed by atoms with Crippen LogP contribution in [0.2, 0.25) is 0 Å². The molecule has 2 aromatic rings. The van der Waals surface area contributed by atoms with E-state index < -0.39 is 0 Å². The molecule has 2 rings (SSSR count). The van der Waals surface area contributed by atoms with E-state index in [4.69, 9.17) is 10.8 Å². The predicted octanol–water partition coefficient (Wildman–Crippen LogP) is 3.18. The normalized spacial score (nSPS) is 10.9. The summed E-state index contributed by atoms with van der Waals surface area (Å²) < 4.78 is 0. The van der Waals surface area contributed by atoms with Crippen molar-refractivity contribution in [2.75, 3.05) is 5.73 Å². The van der Waals surface area contributed by atoms with Gasteiger partial charge in [-0.25, -0.2) is 0 Å². The molecule has 17 heavy (non-hydrogen) atoms. The number of hydrogen-bond acceptors (Lipinski definition) is 4. The van der Waals surface area contributed by atoms with E-state index in [9.17, 15) is 0 Å². The van der Waals surface area contributed by atoms with Crippen LogP contribution in [-0.2, 0) is 6.61 Å². The van der Waals surface area contributed by atoms with Gasteiger partial charge in [0.2, 0.25) is 0 Å². The van der Waals surface area contributed by atoms with Crippen molar-refractivity contribution in [3.05, 3.63) is 54.1 Å². The van der Waals surface area contributed by atoms with Crippen molar-refractivity contribution in [3.8, 4) is 0 Å². The highest BCUT2D eigenvalue weighted by atomic mass is 16.3. The van der Waals surface area contributed by atoms with Gasteiger partial charge in [0, 0.05) is 5.69 Å². The van der Waals surface area contributed by atoms with Crippen LogP contribution in [0.25, 0.3) is 0 Å². The van der Waals surface area contributed by atoms with Gasteiger partial charge in [0.05, 0.1) is 18.0 Å². The Labute approximate surface area is 99.4 Å². The Morgan fingerprint density at radius 1 is 0.824 bits per heavy atom. The first-order chi connectivity index (χ1) is 8.28. The Hall–Kier alpha value is -2.20. The van der Waals surface area contributed by atoms with Crippen LogP contribution in [0.3, 0.4) is 0 Å². The van der Waals surface area contributed by atoms with Crippen molar-refractivity contribution in [2.24, 2.45) is 10.2 Å². The second kappa shape index (κ2) is 5.23. The zero-order valence-electron chi connectivity index (χ0n) is 9.24. The Morgan fingerprint density at radius 2 is 1.29 bits per heavy atom. The molecule has 86 valence electrons. The van der Waals surface area contributed by atoms with Crippen LogP contribution in [0.1, 0.15) is 5.56 Å². The molecule has 0 saturated carbocycles. The van der Waals surface area contributed by atoms with Gasteiger partial charge in [-0.1, -0.05) is 12.1 Å². The third kappa shape index (κ3) is 3.12. The third-order valence-electron chi connectivity index (χ3n) is 2.29. The lowest BCUT2D eigenvalue weighted by Crippen LogP contribution is -1.80. The lowest BCUT2D eigenvalue weighted by molar-refractivity contribution is 0.282. The molecule has 4 nitrogen and oxygen atoms in total. The predicted molar refractivity (Wildman–Crippen MR) is 67.4 cm³/mol. The second-order valence-corrected chi connectivity index (χ2v) is 3.62. The lowest BCUT2D eigenvalue weighted by Gasteiger charge is -1.96. The molecular weight excluding hydrogens is 214 g/mol. The van der Waals surface area contributed by atoms with Crippen molar-refractivity contribution >= 4 is 17.1 Å². The van der Waals surface area contributed by atoms with Gasteiger partial charge < -0.3 is 10.8 Å². The van der Waals surface area contributed by atoms with Gasteiger partial charge in [0.1, 0.15) is 0 Å². The number of anilines is 1. The van der Waals surface area contributed by atoms with E-state index in [1.165, 1.54) is 0 Å². The Morgan fingerprint density at radius 3 is 1.76 bits per heavy atom. The number of hydrogen-bond donors (Lipinski definition) is 2. The fourth-order valence-electron chi connectivity index (χ4n) is 1.32. The van der Waals surface area contributed by atoms with Gasteiger partial charge >= 0.3 is 0 Å². The van der Waals surface area contributed by atoms with Crippen molar-refractivity contribution < 1.29 is 5.11 Å². The molecule has 0 heterocycles. The summed E-state index contributed by atoms with van der Waals surface area (Å²) in [7, 11) is 0. The van der Waals surface area contributed by atoms with Crippen LogP contribution in [0, 0.1) is 0 Å². The minimum atomic E-state index is 0.0371. The maximum atomic E-state index is 8.90. The molecule has 0 atom stereocenters. The van der Waals surface area contributed by atoms with Crippen molar-refractivity contribution in [3.63, 3.8) is 0 Å². The van der Waals surface area contributed by atoms with Gasteiger partial charge in [-0.3, -0.25) is 0 Å². The minimum absolute atomic E-state index is 0.0371. The molecule has 0 saturated heterocycles. The fourth-order valence-corrected chi connectivity index (χ4v) is 1.32. The van der Waals surface area contributed by atoms with Crippen molar-refractivity contribution in [1.29, 1.82) is 0 Å². The zero-order valence-corrected chi connectivity index (χ0v) is 9.24. The van der Waals surface area contributed by atoms with Gasteiger partial charge in [0.25, 0.3) is 0 Å². The van der Waals surface area contributed by atoms with Crippen LogP contribution in [0.5, 0.6) is 0 Å². The van der Waals surface area contributed by atoms with Gasteiger partial charge in [0.15, 0.2) is 0 Å². The average Bonchev–Trinajstić information content (AvgIpc) is 2.39. The van der Waals surface area contributed by atoms with E-state index >= 15 is 0 Å². The molecule has 0 aliphatic rings. The number of azo groups is 1. The summed E-state index contributed by atoms with van der Waals surface area (Å²) in [5.74, 6) is 0. The van der Waals surface area contributed by atoms with E-state index in [0.717, 1.165) is 16.9 Å². The number of aliphatic hydroxyl groups is 1. The van der Waals surface area contributed by atoms with Crippen LogP contribution < -0.4 is 5.73 Å². The molecule has 2 aromatic carbocycles. The van der Waals surface area contributed by atoms with Crippen LogP contribution in [0.4, 0.5) is 17.1 Å². The number of nitrogens with zero attached hydrogens (tertiary/aromatic N) is 2. The molecule has 0 spiro atoms. The number of aliphatic hydroxyl groups excluding tert-OH is 1. The number of nitrogens with two attached hydrogens (primary N) is 1. The molecule has 0 radical (unpaired) electrons. The van der Waals surface area contributed by atoms with E-state index in [-0.39, 0.29) is 6.61 Å². The first-order valence-electron chi connectivity index (χ1n) is 5.25. The zero-order chi connectivity index (χ0) is 12.1. The molecule has 0 fully saturated rings. The summed E-state index contributed by atoms with van der Waals surface area (Å²) in [5.41, 5.74) is 8.64. The molecule has 0 bridgehead atoms. The molecule has 0 unspecified atom stereocenters. The largest absolute Gasteiger partial charge is 0.399 e. The summed E-state index contributed by atoms with van der Waals surface area (Å²) >= 11 is 0. The number of nitrogen functional groups attached to an aromatic ring is 1. The smallest absolute Gasteiger partial charge is 0.0858 e. The monoisotopic (exact) mass is 227 g/mol. The van der Waals surface area contributed by atoms with Gasteiger partial charge in [-0.2, -0.15) is 10.2 Å². The van der Waals surface area contributed by atoms with E-state index in [1.807, 2.05) is 24.3 Å². The highest BCUT2D eigenvalue weighted by Crippen LogP contribution is 2.19. The van der Waals surface area contributed by atoms with E-state index in [1.54, 1.807) is 24.3 Å². The summed E-state index contributed by atoms with van der Waals surface area (Å²) in [6.07, 6.45) is 0. The van der Waals surface area contributed by atoms with E-state index in [0.29, 0.717) is 5.69 Å². The standard InChI is InChI=1S/C13H13N3O/c14-11-3-7-13(8-4-11)16-15-12-5-1-10(9-17)2-6-12/h1-8,17H,9,14H2/b16-15+. The summed E-state index contributed by atoms with van der Waals surface area (Å²) in [4.78, 5) is 0. The summed E-state index contributed by atoms with van der Waals surface area (Å²) in [5, 5.41) is 17.1. The second-order valence-electron chi connectivity index (χ2n) is 3.62. The summed E-state index contributed by atoms with van der Waals surface area (Å²) in [6, 6.07) is 14.4. The van der Waals surface area contributed by atoms with Gasteiger partial charge in [-0.15, -0.1) is 0 Å². The first kappa shape index (κ1) is 11.3. The first-order valence-corrected chi connectivity index (χ1v) is 5.25. The highest BCUT2D eigenvalue weighted by Gasteiger charge is 1.92. The van der Waals surface area contributed by atoms with Crippen molar-refractivity contribution in [2.45, 2.75) is 6.61 Å². The molecule has 0 aromatic heterocycles. The number of rotatable bonds is 3. The van der Waals surface area contributed by atoms with Crippen LogP contribution in [-0.4, -0.2) is 5.11 Å². The maximum absolute atomic E-state index is 8.90. The molecular formula is C13H13N3O. The topological polar surface area (TPSA) is 71.0 Å². The Balaban J connectivity index is 2.11. The molecule has 0 aliphatic heterocycles. The molecule has 4 heteroatoms. The SMILES string of the molecule is Nc1ccc(/N=N/c2ccc(CO)cc2)cc1. The quantitative estimate of drug-likeness (QED) is 0.624. The highest BCUT2D eigenvalue weighted by molar-refractivity contribution is 5.48. The lowest BCUT2D eigenvalue weighted by atomic mass is 10.2. The average molecular weight is 227 g/mol. The van der Waals surface area contributed by atoms with Crippen molar-refractivity contribution in [1.82, 2.24) is 0 Å². The molecule has 0 amide bonds. The van der Waals surface area contributed by atoms with Crippen LogP contribution >= 0.6 is 0 Å². The summed E-state index contributed by atoms with van der Waals surface area (Å²) in [6.45, 7) is 0.0371. The number of benzene rings is 2. The van der Waals surface area contributed by atoms with Crippen LogP contribution in [0.15, 0.2) is 58.8 Å². The molecule has 3 N–H and O–H groups in total. The Kier molecular flexibility index (Phi) is 3.47. The van der Waals surface area contributed by atoms with Gasteiger partial charge in [-0.05, 0) is 42.0 Å². The maximum Gasteiger partial charge on any atom is 0.0858 e. The fraction of sp³-hybridized carbons (Fsp3) is 0.0769. The Bertz CT molecular complexity index is 503. The minimum Gasteiger partial charge on any atom is -0.399 e. The molecule has 0 aliphatic carbocycles. The third-order valence-corrected chi connectivity index (χ3v) is 2.29. The van der Waals surface area contributed by atoms with E-state index in [2.05, 4.69) is 10.2 Å².